The van der Waals surface area contributed by atoms with Crippen LogP contribution >= 0.6 is 0 Å². The van der Waals surface area contributed by atoms with E-state index in [4.69, 9.17) is 5.26 Å². The van der Waals surface area contributed by atoms with Crippen LogP contribution in [0.1, 0.15) is 23.2 Å². The summed E-state index contributed by atoms with van der Waals surface area (Å²) in [6.45, 7) is 0. The van der Waals surface area contributed by atoms with Crippen LogP contribution in [0, 0.1) is 0 Å². The molecule has 0 saturated carbocycles. The molecule has 88 valence electrons. The lowest BCUT2D eigenvalue weighted by Crippen LogP contribution is -2.10. The summed E-state index contributed by atoms with van der Waals surface area (Å²) >= 11 is 0. The van der Waals surface area contributed by atoms with Crippen LogP contribution in [-0.2, 0) is 14.5 Å². The standard InChI is InChI=1S/C10H12O5S/c11-10(9-5-2-1-3-6-9)7-4-8-16(13,14)15-12/h1-3,5-6,12H,4,7-8H2. The molecule has 0 aliphatic carbocycles. The Kier molecular flexibility index (Phi) is 4.60. The Bertz CT molecular complexity index is 438. The zero-order valence-corrected chi connectivity index (χ0v) is 9.31. The van der Waals surface area contributed by atoms with Crippen molar-refractivity contribution in [2.45, 2.75) is 12.8 Å². The molecule has 0 radical (unpaired) electrons. The van der Waals surface area contributed by atoms with E-state index in [-0.39, 0.29) is 24.4 Å². The van der Waals surface area contributed by atoms with E-state index in [2.05, 4.69) is 4.33 Å². The van der Waals surface area contributed by atoms with Gasteiger partial charge in [-0.15, -0.1) is 4.33 Å². The summed E-state index contributed by atoms with van der Waals surface area (Å²) in [7, 11) is -3.89. The highest BCUT2D eigenvalue weighted by Gasteiger charge is 2.12. The first-order chi connectivity index (χ1) is 7.55. The van der Waals surface area contributed by atoms with Gasteiger partial charge in [0.05, 0.1) is 5.75 Å². The van der Waals surface area contributed by atoms with Crippen molar-refractivity contribution in [3.05, 3.63) is 35.9 Å². The van der Waals surface area contributed by atoms with Gasteiger partial charge in [-0.3, -0.25) is 4.79 Å². The summed E-state index contributed by atoms with van der Waals surface area (Å²) in [6, 6.07) is 8.60. The third-order valence-corrected chi connectivity index (χ3v) is 3.02. The third kappa shape index (κ3) is 4.09. The fourth-order valence-electron chi connectivity index (χ4n) is 1.22. The van der Waals surface area contributed by atoms with E-state index >= 15 is 0 Å². The van der Waals surface area contributed by atoms with Gasteiger partial charge in [-0.25, -0.2) is 5.26 Å². The molecule has 0 aliphatic rings. The summed E-state index contributed by atoms with van der Waals surface area (Å²) < 4.78 is 24.8. The van der Waals surface area contributed by atoms with Gasteiger partial charge in [-0.1, -0.05) is 30.3 Å². The lowest BCUT2D eigenvalue weighted by atomic mass is 10.1. The van der Waals surface area contributed by atoms with Crippen LogP contribution in [0.2, 0.25) is 0 Å². The highest BCUT2D eigenvalue weighted by Crippen LogP contribution is 2.06. The minimum atomic E-state index is -3.89. The predicted octanol–water partition coefficient (Wildman–Crippen LogP) is 1.47. The molecule has 0 unspecified atom stereocenters. The fourth-order valence-corrected chi connectivity index (χ4v) is 1.79. The lowest BCUT2D eigenvalue weighted by Gasteiger charge is -2.00. The minimum Gasteiger partial charge on any atom is -0.294 e. The zero-order valence-electron chi connectivity index (χ0n) is 8.50. The summed E-state index contributed by atoms with van der Waals surface area (Å²) in [5.74, 6) is -0.504. The van der Waals surface area contributed by atoms with E-state index < -0.39 is 10.1 Å². The van der Waals surface area contributed by atoms with Crippen molar-refractivity contribution in [2.24, 2.45) is 0 Å². The SMILES string of the molecule is O=C(CCCS(=O)(=O)OO)c1ccccc1. The summed E-state index contributed by atoms with van der Waals surface area (Å²) in [4.78, 5) is 11.5. The van der Waals surface area contributed by atoms with Crippen LogP contribution in [0.3, 0.4) is 0 Å². The van der Waals surface area contributed by atoms with Gasteiger partial charge in [0, 0.05) is 12.0 Å². The van der Waals surface area contributed by atoms with Gasteiger partial charge in [0.25, 0.3) is 10.1 Å². The number of rotatable bonds is 6. The van der Waals surface area contributed by atoms with E-state index in [0.717, 1.165) is 0 Å². The van der Waals surface area contributed by atoms with Gasteiger partial charge in [0.15, 0.2) is 5.78 Å². The maximum Gasteiger partial charge on any atom is 0.293 e. The van der Waals surface area contributed by atoms with Crippen molar-refractivity contribution < 1.29 is 22.8 Å². The molecule has 16 heavy (non-hydrogen) atoms. The summed E-state index contributed by atoms with van der Waals surface area (Å²) in [5.41, 5.74) is 0.546. The van der Waals surface area contributed by atoms with Crippen molar-refractivity contribution in [1.29, 1.82) is 0 Å². The molecule has 0 spiro atoms. The fraction of sp³-hybridized carbons (Fsp3) is 0.300. The van der Waals surface area contributed by atoms with Crippen molar-refractivity contribution in [2.75, 3.05) is 5.75 Å². The number of Topliss-reactive ketones (excluding diaryl/α,β-unsaturated/α-hetero) is 1. The first-order valence-electron chi connectivity index (χ1n) is 4.69. The van der Waals surface area contributed by atoms with Gasteiger partial charge in [0.2, 0.25) is 0 Å². The van der Waals surface area contributed by atoms with Gasteiger partial charge < -0.3 is 0 Å². The molecule has 6 heteroatoms. The highest BCUT2D eigenvalue weighted by atomic mass is 32.2. The lowest BCUT2D eigenvalue weighted by molar-refractivity contribution is -0.130. The molecule has 0 aliphatic heterocycles. The second-order valence-electron chi connectivity index (χ2n) is 3.23. The van der Waals surface area contributed by atoms with Crippen LogP contribution in [0.25, 0.3) is 0 Å². The first-order valence-corrected chi connectivity index (χ1v) is 6.27. The van der Waals surface area contributed by atoms with Crippen molar-refractivity contribution in [3.63, 3.8) is 0 Å². The Labute approximate surface area is 93.7 Å². The number of hydrogen-bond donors (Lipinski definition) is 1. The van der Waals surface area contributed by atoms with Crippen LogP contribution in [0.4, 0.5) is 0 Å². The molecular formula is C10H12O5S. The molecule has 1 aromatic rings. The molecule has 0 saturated heterocycles. The average molecular weight is 244 g/mol. The van der Waals surface area contributed by atoms with Gasteiger partial charge in [-0.2, -0.15) is 8.42 Å². The van der Waals surface area contributed by atoms with E-state index in [1.54, 1.807) is 30.3 Å². The third-order valence-electron chi connectivity index (χ3n) is 2.01. The Morgan fingerprint density at radius 3 is 2.44 bits per heavy atom. The second kappa shape index (κ2) is 5.74. The maximum atomic E-state index is 11.5. The monoisotopic (exact) mass is 244 g/mol. The Morgan fingerprint density at radius 2 is 1.88 bits per heavy atom. The predicted molar refractivity (Wildman–Crippen MR) is 57.5 cm³/mol. The molecule has 1 aromatic carbocycles. The van der Waals surface area contributed by atoms with Gasteiger partial charge in [0.1, 0.15) is 0 Å². The number of carbonyl (C=O) groups excluding carboxylic acids is 1. The molecule has 5 nitrogen and oxygen atoms in total. The number of benzene rings is 1. The molecule has 1 N–H and O–H groups in total. The maximum absolute atomic E-state index is 11.5. The topological polar surface area (TPSA) is 80.7 Å². The number of ketones is 1. The summed E-state index contributed by atoms with van der Waals surface area (Å²) in [6.07, 6.45) is 0.225. The Hall–Kier alpha value is -1.24. The van der Waals surface area contributed by atoms with Gasteiger partial charge in [-0.05, 0) is 6.42 Å². The van der Waals surface area contributed by atoms with E-state index in [0.29, 0.717) is 5.56 Å². The number of hydrogen-bond acceptors (Lipinski definition) is 5. The molecule has 0 bridgehead atoms. The molecule has 1 rings (SSSR count). The Morgan fingerprint density at radius 1 is 1.25 bits per heavy atom. The van der Waals surface area contributed by atoms with Crippen LogP contribution in [-0.4, -0.2) is 25.2 Å². The van der Waals surface area contributed by atoms with Gasteiger partial charge >= 0.3 is 0 Å². The average Bonchev–Trinajstić information content (AvgIpc) is 2.30. The molecule has 0 atom stereocenters. The summed E-state index contributed by atoms with van der Waals surface area (Å²) in [5, 5.41) is 8.00. The normalized spacial score (nSPS) is 11.3. The van der Waals surface area contributed by atoms with E-state index in [9.17, 15) is 13.2 Å². The molecule has 0 fully saturated rings. The number of carbonyl (C=O) groups is 1. The smallest absolute Gasteiger partial charge is 0.293 e. The second-order valence-corrected chi connectivity index (χ2v) is 4.90. The van der Waals surface area contributed by atoms with E-state index in [1.807, 2.05) is 0 Å². The molecular weight excluding hydrogens is 232 g/mol. The van der Waals surface area contributed by atoms with Crippen molar-refractivity contribution >= 4 is 15.9 Å². The molecule has 0 heterocycles. The zero-order chi connectivity index (χ0) is 12.0. The van der Waals surface area contributed by atoms with Crippen molar-refractivity contribution in [3.8, 4) is 0 Å². The first kappa shape index (κ1) is 12.8. The largest absolute Gasteiger partial charge is 0.294 e. The molecule has 0 aromatic heterocycles. The van der Waals surface area contributed by atoms with Crippen LogP contribution in [0.15, 0.2) is 30.3 Å². The quantitative estimate of drug-likeness (QED) is 0.465. The van der Waals surface area contributed by atoms with Crippen molar-refractivity contribution in [1.82, 2.24) is 0 Å². The molecule has 0 amide bonds. The van der Waals surface area contributed by atoms with Crippen LogP contribution < -0.4 is 0 Å². The minimum absolute atomic E-state index is 0.104. The highest BCUT2D eigenvalue weighted by molar-refractivity contribution is 7.86. The Balaban J connectivity index is 2.43. The van der Waals surface area contributed by atoms with Crippen LogP contribution in [0.5, 0.6) is 0 Å². The van der Waals surface area contributed by atoms with E-state index in [1.165, 1.54) is 0 Å².